The Labute approximate surface area is 99.0 Å². The lowest BCUT2D eigenvalue weighted by molar-refractivity contribution is 0.0944. The fourth-order valence-electron chi connectivity index (χ4n) is 1.27. The van der Waals surface area contributed by atoms with Gasteiger partial charge < -0.3 is 10.1 Å². The summed E-state index contributed by atoms with van der Waals surface area (Å²) in [4.78, 5) is 11.7. The summed E-state index contributed by atoms with van der Waals surface area (Å²) >= 11 is 0. The lowest BCUT2D eigenvalue weighted by Gasteiger charge is -2.09. The number of carbonyl (C=O) groups is 1. The third kappa shape index (κ3) is 3.18. The number of methoxy groups -OCH3 is 1. The van der Waals surface area contributed by atoms with E-state index in [1.165, 1.54) is 19.2 Å². The van der Waals surface area contributed by atoms with Crippen molar-refractivity contribution in [3.63, 3.8) is 0 Å². The van der Waals surface area contributed by atoms with E-state index in [9.17, 15) is 9.18 Å². The Morgan fingerprint density at radius 3 is 2.82 bits per heavy atom. The first-order valence-electron chi connectivity index (χ1n) is 5.16. The van der Waals surface area contributed by atoms with Crippen LogP contribution in [-0.4, -0.2) is 19.1 Å². The summed E-state index contributed by atoms with van der Waals surface area (Å²) in [5.41, 5.74) is 0.164. The van der Waals surface area contributed by atoms with Crippen molar-refractivity contribution in [1.29, 1.82) is 5.26 Å². The first-order valence-corrected chi connectivity index (χ1v) is 5.16. The van der Waals surface area contributed by atoms with E-state index in [-0.39, 0.29) is 11.3 Å². The average molecular weight is 236 g/mol. The first-order chi connectivity index (χ1) is 8.12. The zero-order chi connectivity index (χ0) is 12.8. The highest BCUT2D eigenvalue weighted by Gasteiger charge is 2.13. The predicted octanol–water partition coefficient (Wildman–Crippen LogP) is 1.87. The SMILES string of the molecule is CCC(C#N)NC(=O)c1ccc(OC)c(F)c1. The molecule has 4 nitrogen and oxygen atoms in total. The first kappa shape index (κ1) is 13.0. The number of nitriles is 1. The normalized spacial score (nSPS) is 11.4. The van der Waals surface area contributed by atoms with Crippen molar-refractivity contribution in [1.82, 2.24) is 5.32 Å². The number of carbonyl (C=O) groups excluding carboxylic acids is 1. The zero-order valence-electron chi connectivity index (χ0n) is 9.66. The fraction of sp³-hybridized carbons (Fsp3) is 0.333. The van der Waals surface area contributed by atoms with E-state index >= 15 is 0 Å². The van der Waals surface area contributed by atoms with Crippen molar-refractivity contribution in [2.45, 2.75) is 19.4 Å². The van der Waals surface area contributed by atoms with Gasteiger partial charge in [-0.2, -0.15) is 5.26 Å². The average Bonchev–Trinajstić information content (AvgIpc) is 2.35. The van der Waals surface area contributed by atoms with Gasteiger partial charge in [0, 0.05) is 5.56 Å². The minimum Gasteiger partial charge on any atom is -0.494 e. The summed E-state index contributed by atoms with van der Waals surface area (Å²) in [6, 6.07) is 5.28. The second-order valence-electron chi connectivity index (χ2n) is 3.41. The van der Waals surface area contributed by atoms with Gasteiger partial charge in [0.15, 0.2) is 11.6 Å². The molecule has 0 aliphatic rings. The number of amides is 1. The maximum Gasteiger partial charge on any atom is 0.252 e. The zero-order valence-corrected chi connectivity index (χ0v) is 9.66. The Balaban J connectivity index is 2.83. The second-order valence-corrected chi connectivity index (χ2v) is 3.41. The Bertz CT molecular complexity index is 454. The van der Waals surface area contributed by atoms with Gasteiger partial charge in [-0.25, -0.2) is 4.39 Å². The fourth-order valence-corrected chi connectivity index (χ4v) is 1.27. The van der Waals surface area contributed by atoms with Gasteiger partial charge in [-0.1, -0.05) is 6.92 Å². The van der Waals surface area contributed by atoms with Gasteiger partial charge in [-0.05, 0) is 24.6 Å². The molecule has 17 heavy (non-hydrogen) atoms. The van der Waals surface area contributed by atoms with Crippen molar-refractivity contribution in [2.75, 3.05) is 7.11 Å². The third-order valence-corrected chi connectivity index (χ3v) is 2.28. The minimum absolute atomic E-state index is 0.0777. The number of ether oxygens (including phenoxy) is 1. The third-order valence-electron chi connectivity index (χ3n) is 2.28. The lowest BCUT2D eigenvalue weighted by atomic mass is 10.1. The molecule has 5 heteroatoms. The molecule has 90 valence electrons. The molecule has 0 fully saturated rings. The molecule has 1 unspecified atom stereocenters. The number of halogens is 1. The Morgan fingerprint density at radius 1 is 1.65 bits per heavy atom. The van der Waals surface area contributed by atoms with Gasteiger partial charge in [-0.3, -0.25) is 4.79 Å². The predicted molar refractivity (Wildman–Crippen MR) is 60.1 cm³/mol. The minimum atomic E-state index is -0.606. The lowest BCUT2D eigenvalue weighted by Crippen LogP contribution is -2.33. The Hall–Kier alpha value is -2.09. The van der Waals surface area contributed by atoms with Crippen LogP contribution in [0.1, 0.15) is 23.7 Å². The summed E-state index contributed by atoms with van der Waals surface area (Å²) in [5.74, 6) is -1.00. The number of nitrogens with one attached hydrogen (secondary N) is 1. The maximum absolute atomic E-state index is 13.3. The van der Waals surface area contributed by atoms with Crippen LogP contribution in [0.15, 0.2) is 18.2 Å². The summed E-state index contributed by atoms with van der Waals surface area (Å²) in [7, 11) is 1.35. The van der Waals surface area contributed by atoms with Gasteiger partial charge in [0.2, 0.25) is 0 Å². The molecule has 0 heterocycles. The van der Waals surface area contributed by atoms with Crippen molar-refractivity contribution in [3.8, 4) is 11.8 Å². The molecule has 0 spiro atoms. The molecule has 1 rings (SSSR count). The maximum atomic E-state index is 13.3. The number of nitrogens with zero attached hydrogens (tertiary/aromatic N) is 1. The van der Waals surface area contributed by atoms with E-state index in [1.807, 2.05) is 6.07 Å². The van der Waals surface area contributed by atoms with Crippen LogP contribution in [0.5, 0.6) is 5.75 Å². The van der Waals surface area contributed by atoms with Crippen molar-refractivity contribution in [3.05, 3.63) is 29.6 Å². The quantitative estimate of drug-likeness (QED) is 0.868. The molecule has 1 N–H and O–H groups in total. The van der Waals surface area contributed by atoms with E-state index in [0.29, 0.717) is 6.42 Å². The molecule has 1 atom stereocenters. The highest BCUT2D eigenvalue weighted by atomic mass is 19.1. The van der Waals surface area contributed by atoms with E-state index < -0.39 is 17.8 Å². The van der Waals surface area contributed by atoms with Gasteiger partial charge >= 0.3 is 0 Å². The number of benzene rings is 1. The molecule has 0 saturated heterocycles. The van der Waals surface area contributed by atoms with E-state index in [1.54, 1.807) is 6.92 Å². The van der Waals surface area contributed by atoms with Gasteiger partial charge in [0.1, 0.15) is 6.04 Å². The van der Waals surface area contributed by atoms with Crippen LogP contribution in [0.3, 0.4) is 0 Å². The summed E-state index contributed by atoms with van der Waals surface area (Å²) in [6.45, 7) is 1.78. The van der Waals surface area contributed by atoms with Crippen LogP contribution >= 0.6 is 0 Å². The van der Waals surface area contributed by atoms with Crippen LogP contribution in [0.25, 0.3) is 0 Å². The molecular formula is C12H13FN2O2. The van der Waals surface area contributed by atoms with E-state index in [4.69, 9.17) is 10.00 Å². The molecular weight excluding hydrogens is 223 g/mol. The molecule has 1 aromatic rings. The second kappa shape index (κ2) is 5.85. The van der Waals surface area contributed by atoms with Gasteiger partial charge in [0.05, 0.1) is 13.2 Å². The summed E-state index contributed by atoms with van der Waals surface area (Å²) in [5, 5.41) is 11.2. The van der Waals surface area contributed by atoms with E-state index in [0.717, 1.165) is 6.07 Å². The molecule has 1 amide bonds. The topological polar surface area (TPSA) is 62.1 Å². The van der Waals surface area contributed by atoms with Crippen LogP contribution in [0.2, 0.25) is 0 Å². The van der Waals surface area contributed by atoms with Crippen LogP contribution in [0, 0.1) is 17.1 Å². The molecule has 0 aliphatic heterocycles. The van der Waals surface area contributed by atoms with Gasteiger partial charge in [-0.15, -0.1) is 0 Å². The molecule has 0 aliphatic carbocycles. The highest BCUT2D eigenvalue weighted by Crippen LogP contribution is 2.17. The molecule has 0 aromatic heterocycles. The van der Waals surface area contributed by atoms with Crippen molar-refractivity contribution in [2.24, 2.45) is 0 Å². The summed E-state index contributed by atoms with van der Waals surface area (Å²) < 4.78 is 18.1. The largest absolute Gasteiger partial charge is 0.494 e. The molecule has 0 radical (unpaired) electrons. The number of hydrogen-bond donors (Lipinski definition) is 1. The Morgan fingerprint density at radius 2 is 2.35 bits per heavy atom. The standard InChI is InChI=1S/C12H13FN2O2/c1-3-9(7-14)15-12(16)8-4-5-11(17-2)10(13)6-8/h4-6,9H,3H2,1-2H3,(H,15,16). The van der Waals surface area contributed by atoms with Gasteiger partial charge in [0.25, 0.3) is 5.91 Å². The number of hydrogen-bond acceptors (Lipinski definition) is 3. The van der Waals surface area contributed by atoms with E-state index in [2.05, 4.69) is 5.32 Å². The van der Waals surface area contributed by atoms with Crippen molar-refractivity contribution >= 4 is 5.91 Å². The molecule has 1 aromatic carbocycles. The van der Waals surface area contributed by atoms with Crippen LogP contribution in [0.4, 0.5) is 4.39 Å². The highest BCUT2D eigenvalue weighted by molar-refractivity contribution is 5.94. The molecule has 0 saturated carbocycles. The van der Waals surface area contributed by atoms with Crippen molar-refractivity contribution < 1.29 is 13.9 Å². The molecule has 0 bridgehead atoms. The summed E-state index contributed by atoms with van der Waals surface area (Å²) in [6.07, 6.45) is 0.501. The smallest absolute Gasteiger partial charge is 0.252 e. The monoisotopic (exact) mass is 236 g/mol. The number of rotatable bonds is 4. The van der Waals surface area contributed by atoms with Crippen LogP contribution in [-0.2, 0) is 0 Å². The Kier molecular flexibility index (Phi) is 4.46. The van der Waals surface area contributed by atoms with Crippen LogP contribution < -0.4 is 10.1 Å².